The maximum atomic E-state index is 13.5. The predicted octanol–water partition coefficient (Wildman–Crippen LogP) is 3.74. The fourth-order valence-corrected chi connectivity index (χ4v) is 5.94. The Bertz CT molecular complexity index is 1150. The molecule has 0 radical (unpaired) electrons. The van der Waals surface area contributed by atoms with Crippen molar-refractivity contribution in [3.63, 3.8) is 0 Å². The van der Waals surface area contributed by atoms with E-state index in [4.69, 9.17) is 16.3 Å². The number of hydrogen-bond donors (Lipinski definition) is 1. The number of piperidine rings is 1. The molecule has 0 unspecified atom stereocenters. The molecule has 2 aromatic carbocycles. The lowest BCUT2D eigenvalue weighted by atomic mass is 9.78. The smallest absolute Gasteiger partial charge is 0.325 e. The van der Waals surface area contributed by atoms with E-state index in [2.05, 4.69) is 17.4 Å². The summed E-state index contributed by atoms with van der Waals surface area (Å²) in [5.41, 5.74) is 2.34. The van der Waals surface area contributed by atoms with Crippen LogP contribution in [0.1, 0.15) is 36.5 Å². The molecule has 0 bridgehead atoms. The predicted molar refractivity (Wildman–Crippen MR) is 132 cm³/mol. The number of ether oxygens (including phenoxy) is 1. The van der Waals surface area contributed by atoms with Crippen molar-refractivity contribution in [3.05, 3.63) is 64.2 Å². The van der Waals surface area contributed by atoms with Crippen molar-refractivity contribution in [2.45, 2.75) is 51.1 Å². The van der Waals surface area contributed by atoms with Gasteiger partial charge in [-0.2, -0.15) is 0 Å². The van der Waals surface area contributed by atoms with Crippen molar-refractivity contribution in [1.82, 2.24) is 15.1 Å². The van der Waals surface area contributed by atoms with E-state index in [0.717, 1.165) is 5.56 Å². The van der Waals surface area contributed by atoms with Gasteiger partial charge in [0.05, 0.1) is 0 Å². The molecule has 1 atom stereocenters. The number of imide groups is 1. The maximum absolute atomic E-state index is 13.5. The second-order valence-electron chi connectivity index (χ2n) is 9.99. The Balaban J connectivity index is 1.18. The number of carbonyl (C=O) groups excluding carboxylic acids is 3. The summed E-state index contributed by atoms with van der Waals surface area (Å²) in [5, 5.41) is 3.63. The molecule has 0 saturated carbocycles. The Labute approximate surface area is 210 Å². The average Bonchev–Trinajstić information content (AvgIpc) is 3.36. The third-order valence-corrected chi connectivity index (χ3v) is 8.03. The van der Waals surface area contributed by atoms with E-state index in [1.165, 1.54) is 16.0 Å². The molecule has 4 amide bonds. The summed E-state index contributed by atoms with van der Waals surface area (Å²) < 4.78 is 5.71. The van der Waals surface area contributed by atoms with E-state index in [0.29, 0.717) is 49.5 Å². The number of benzene rings is 2. The van der Waals surface area contributed by atoms with Gasteiger partial charge in [0.25, 0.3) is 11.8 Å². The largest absolute Gasteiger partial charge is 0.483 e. The van der Waals surface area contributed by atoms with Crippen LogP contribution in [0.2, 0.25) is 5.02 Å². The molecule has 35 heavy (non-hydrogen) atoms. The molecule has 2 fully saturated rings. The van der Waals surface area contributed by atoms with Crippen LogP contribution in [0.3, 0.4) is 0 Å². The van der Waals surface area contributed by atoms with Crippen LogP contribution >= 0.6 is 11.6 Å². The number of urea groups is 1. The first-order chi connectivity index (χ1) is 16.8. The summed E-state index contributed by atoms with van der Waals surface area (Å²) in [6.45, 7) is 4.73. The number of hydrogen-bond acceptors (Lipinski definition) is 4. The Morgan fingerprint density at radius 3 is 2.40 bits per heavy atom. The van der Waals surface area contributed by atoms with Crippen LogP contribution in [-0.4, -0.2) is 58.9 Å². The highest BCUT2D eigenvalue weighted by atomic mass is 35.5. The number of carbonyl (C=O) groups is 3. The third-order valence-electron chi connectivity index (χ3n) is 7.80. The highest BCUT2D eigenvalue weighted by molar-refractivity contribution is 6.30. The van der Waals surface area contributed by atoms with Crippen molar-refractivity contribution < 1.29 is 19.1 Å². The standard InChI is InChI=1S/C27H30ClN3O4/c1-17-13-21(28)7-8-23(17)35-16-24(32)30-11-9-20(10-12-30)27(2)25(33)31(26(34)29-27)22-14-18-5-3-4-6-19(18)15-22/h3-8,13,20,22H,9-12,14-16H2,1-2H3,(H,29,34)/t27-/m1/s1. The summed E-state index contributed by atoms with van der Waals surface area (Å²) in [4.78, 5) is 42.4. The van der Waals surface area contributed by atoms with E-state index in [9.17, 15) is 14.4 Å². The van der Waals surface area contributed by atoms with E-state index >= 15 is 0 Å². The van der Waals surface area contributed by atoms with Crippen molar-refractivity contribution in [1.29, 1.82) is 0 Å². The third kappa shape index (κ3) is 4.38. The van der Waals surface area contributed by atoms with Gasteiger partial charge >= 0.3 is 6.03 Å². The number of fused-ring (bicyclic) bond motifs is 1. The summed E-state index contributed by atoms with van der Waals surface area (Å²) in [6, 6.07) is 13.0. The van der Waals surface area contributed by atoms with Gasteiger partial charge in [-0.05, 0) is 80.3 Å². The molecule has 8 heteroatoms. The Hall–Kier alpha value is -3.06. The lowest BCUT2D eigenvalue weighted by Gasteiger charge is -2.39. The first kappa shape index (κ1) is 23.7. The Kier molecular flexibility index (Phi) is 6.21. The Morgan fingerprint density at radius 1 is 1.11 bits per heavy atom. The monoisotopic (exact) mass is 495 g/mol. The van der Waals surface area contributed by atoms with Crippen LogP contribution in [-0.2, 0) is 22.4 Å². The summed E-state index contributed by atoms with van der Waals surface area (Å²) >= 11 is 5.98. The summed E-state index contributed by atoms with van der Waals surface area (Å²) in [5.74, 6) is 0.372. The number of amides is 4. The van der Waals surface area contributed by atoms with Crippen LogP contribution in [0.25, 0.3) is 0 Å². The van der Waals surface area contributed by atoms with Gasteiger partial charge in [0.15, 0.2) is 6.61 Å². The second kappa shape index (κ2) is 9.19. The molecule has 1 N–H and O–H groups in total. The van der Waals surface area contributed by atoms with Gasteiger partial charge in [-0.15, -0.1) is 0 Å². The first-order valence-electron chi connectivity index (χ1n) is 12.2. The van der Waals surface area contributed by atoms with Gasteiger partial charge in [0.1, 0.15) is 11.3 Å². The molecule has 1 aliphatic carbocycles. The van der Waals surface area contributed by atoms with E-state index in [1.54, 1.807) is 23.1 Å². The number of halogens is 1. The molecular formula is C27H30ClN3O4. The first-order valence-corrected chi connectivity index (χ1v) is 12.5. The Morgan fingerprint density at radius 2 is 1.77 bits per heavy atom. The van der Waals surface area contributed by atoms with E-state index in [-0.39, 0.29) is 36.4 Å². The van der Waals surface area contributed by atoms with Gasteiger partial charge in [0.2, 0.25) is 0 Å². The zero-order chi connectivity index (χ0) is 24.7. The van der Waals surface area contributed by atoms with Crippen molar-refractivity contribution in [2.75, 3.05) is 19.7 Å². The minimum atomic E-state index is -0.947. The van der Waals surface area contributed by atoms with Crippen molar-refractivity contribution in [2.24, 2.45) is 5.92 Å². The molecule has 2 aromatic rings. The molecule has 0 aromatic heterocycles. The number of nitrogens with zero attached hydrogens (tertiary/aromatic N) is 2. The average molecular weight is 496 g/mol. The summed E-state index contributed by atoms with van der Waals surface area (Å²) in [7, 11) is 0. The molecule has 3 aliphatic rings. The zero-order valence-corrected chi connectivity index (χ0v) is 20.8. The number of rotatable bonds is 5. The molecule has 0 spiro atoms. The fraction of sp³-hybridized carbons (Fsp3) is 0.444. The topological polar surface area (TPSA) is 79.0 Å². The van der Waals surface area contributed by atoms with E-state index in [1.807, 2.05) is 26.0 Å². The normalized spacial score (nSPS) is 22.9. The fourth-order valence-electron chi connectivity index (χ4n) is 5.72. The molecule has 7 nitrogen and oxygen atoms in total. The van der Waals surface area contributed by atoms with Gasteiger partial charge in [-0.3, -0.25) is 14.5 Å². The molecule has 184 valence electrons. The lowest BCUT2D eigenvalue weighted by Crippen LogP contribution is -2.55. The SMILES string of the molecule is Cc1cc(Cl)ccc1OCC(=O)N1CCC([C@@]2(C)NC(=O)N(C3Cc4ccccc4C3)C2=O)CC1. The second-order valence-corrected chi connectivity index (χ2v) is 10.4. The zero-order valence-electron chi connectivity index (χ0n) is 20.1. The van der Waals surface area contributed by atoms with Crippen LogP contribution in [0.5, 0.6) is 5.75 Å². The maximum Gasteiger partial charge on any atom is 0.325 e. The molecule has 5 rings (SSSR count). The molecule has 2 heterocycles. The molecule has 2 saturated heterocycles. The van der Waals surface area contributed by atoms with Gasteiger partial charge in [0, 0.05) is 24.2 Å². The quantitative estimate of drug-likeness (QED) is 0.641. The number of likely N-dealkylation sites (tertiary alicyclic amines) is 1. The van der Waals surface area contributed by atoms with Crippen molar-refractivity contribution >= 4 is 29.4 Å². The van der Waals surface area contributed by atoms with E-state index < -0.39 is 5.54 Å². The van der Waals surface area contributed by atoms with Crippen LogP contribution in [0.4, 0.5) is 4.79 Å². The van der Waals surface area contributed by atoms with Crippen LogP contribution < -0.4 is 10.1 Å². The van der Waals surface area contributed by atoms with Crippen molar-refractivity contribution in [3.8, 4) is 5.75 Å². The van der Waals surface area contributed by atoms with Gasteiger partial charge < -0.3 is 15.0 Å². The minimum Gasteiger partial charge on any atom is -0.483 e. The van der Waals surface area contributed by atoms with Crippen LogP contribution in [0, 0.1) is 12.8 Å². The molecular weight excluding hydrogens is 466 g/mol. The number of nitrogens with one attached hydrogen (secondary N) is 1. The minimum absolute atomic E-state index is 0.0313. The van der Waals surface area contributed by atoms with Crippen LogP contribution in [0.15, 0.2) is 42.5 Å². The lowest BCUT2D eigenvalue weighted by molar-refractivity contribution is -0.137. The molecule has 2 aliphatic heterocycles. The van der Waals surface area contributed by atoms with Gasteiger partial charge in [-0.1, -0.05) is 35.9 Å². The van der Waals surface area contributed by atoms with Gasteiger partial charge in [-0.25, -0.2) is 4.79 Å². The number of aryl methyl sites for hydroxylation is 1. The highest BCUT2D eigenvalue weighted by Gasteiger charge is 2.55. The highest BCUT2D eigenvalue weighted by Crippen LogP contribution is 2.36. The summed E-state index contributed by atoms with van der Waals surface area (Å²) in [6.07, 6.45) is 2.69.